The zero-order valence-corrected chi connectivity index (χ0v) is 18.0. The summed E-state index contributed by atoms with van der Waals surface area (Å²) >= 11 is 0. The molecule has 1 aliphatic rings. The molecule has 4 rings (SSSR count). The van der Waals surface area contributed by atoms with Gasteiger partial charge in [-0.05, 0) is 53.6 Å². The van der Waals surface area contributed by atoms with Crippen LogP contribution in [-0.2, 0) is 20.9 Å². The number of benzene rings is 3. The van der Waals surface area contributed by atoms with Crippen molar-refractivity contribution in [3.05, 3.63) is 89.5 Å². The summed E-state index contributed by atoms with van der Waals surface area (Å²) in [6.07, 6.45) is 1.36. The van der Waals surface area contributed by atoms with Gasteiger partial charge in [-0.1, -0.05) is 36.4 Å². The van der Waals surface area contributed by atoms with E-state index in [4.69, 9.17) is 18.9 Å². The first kappa shape index (κ1) is 22.4. The predicted octanol–water partition coefficient (Wildman–Crippen LogP) is 4.08. The van der Waals surface area contributed by atoms with Gasteiger partial charge in [0, 0.05) is 5.69 Å². The van der Waals surface area contributed by atoms with Crippen molar-refractivity contribution < 1.29 is 28.5 Å². The molecule has 0 radical (unpaired) electrons. The predicted molar refractivity (Wildman–Crippen MR) is 123 cm³/mol. The van der Waals surface area contributed by atoms with Crippen LogP contribution >= 0.6 is 0 Å². The first-order valence-corrected chi connectivity index (χ1v) is 10.4. The fourth-order valence-electron chi connectivity index (χ4n) is 3.09. The zero-order chi connectivity index (χ0) is 23.8. The maximum Gasteiger partial charge on any atom is 0.349 e. The summed E-state index contributed by atoms with van der Waals surface area (Å²) in [4.78, 5) is 24.4. The second-order valence-corrected chi connectivity index (χ2v) is 7.21. The van der Waals surface area contributed by atoms with E-state index in [0.29, 0.717) is 35.1 Å². The minimum Gasteiger partial charge on any atom is -0.489 e. The number of carbonyl (C=O) groups excluding carboxylic acids is 2. The molecule has 8 nitrogen and oxygen atoms in total. The van der Waals surface area contributed by atoms with Crippen molar-refractivity contribution in [1.82, 2.24) is 0 Å². The molecule has 0 saturated heterocycles. The maximum absolute atomic E-state index is 12.2. The number of nitrogens with one attached hydrogen (secondary N) is 1. The lowest BCUT2D eigenvalue weighted by atomic mass is 10.1. The molecule has 0 fully saturated rings. The minimum atomic E-state index is -0.903. The third-order valence-electron chi connectivity index (χ3n) is 4.77. The normalized spacial score (nSPS) is 11.9. The van der Waals surface area contributed by atoms with Crippen LogP contribution in [-0.4, -0.2) is 25.3 Å². The number of rotatable bonds is 8. The molecule has 0 aliphatic carbocycles. The maximum atomic E-state index is 12.2. The molecule has 0 bridgehead atoms. The first-order valence-electron chi connectivity index (χ1n) is 10.4. The summed E-state index contributed by atoms with van der Waals surface area (Å²) in [5.74, 6) is 0.327. The molecule has 1 N–H and O–H groups in total. The third-order valence-corrected chi connectivity index (χ3v) is 4.77. The molecule has 170 valence electrons. The van der Waals surface area contributed by atoms with Gasteiger partial charge in [-0.25, -0.2) is 4.79 Å². The molecule has 0 aromatic heterocycles. The molecule has 1 heterocycles. The van der Waals surface area contributed by atoms with Crippen LogP contribution in [0.15, 0.2) is 78.4 Å². The van der Waals surface area contributed by atoms with E-state index >= 15 is 0 Å². The highest BCUT2D eigenvalue weighted by atomic mass is 16.7. The van der Waals surface area contributed by atoms with Gasteiger partial charge in [-0.2, -0.15) is 5.26 Å². The Morgan fingerprint density at radius 3 is 2.53 bits per heavy atom. The van der Waals surface area contributed by atoms with E-state index in [1.807, 2.05) is 30.3 Å². The Kier molecular flexibility index (Phi) is 7.06. The van der Waals surface area contributed by atoms with Crippen molar-refractivity contribution in [2.75, 3.05) is 18.7 Å². The van der Waals surface area contributed by atoms with Crippen LogP contribution in [0.4, 0.5) is 5.69 Å². The standard InChI is InChI=1S/C26H20N2O6/c27-14-20(12-19-6-11-23-24(13-19)34-17-33-23)26(30)32-16-25(29)28-21-7-9-22(10-8-21)31-15-18-4-2-1-3-5-18/h1-13H,15-17H2,(H,28,29)/b20-12+. The largest absolute Gasteiger partial charge is 0.489 e. The van der Waals surface area contributed by atoms with Gasteiger partial charge >= 0.3 is 5.97 Å². The molecule has 3 aromatic carbocycles. The molecule has 8 heteroatoms. The van der Waals surface area contributed by atoms with Crippen LogP contribution in [0.5, 0.6) is 17.2 Å². The van der Waals surface area contributed by atoms with Crippen molar-refractivity contribution in [1.29, 1.82) is 5.26 Å². The van der Waals surface area contributed by atoms with E-state index < -0.39 is 18.5 Å². The molecular weight excluding hydrogens is 436 g/mol. The number of esters is 1. The van der Waals surface area contributed by atoms with E-state index in [0.717, 1.165) is 5.56 Å². The molecular formula is C26H20N2O6. The van der Waals surface area contributed by atoms with Gasteiger partial charge in [0.05, 0.1) is 0 Å². The van der Waals surface area contributed by atoms with Gasteiger partial charge in [-0.15, -0.1) is 0 Å². The van der Waals surface area contributed by atoms with Crippen LogP contribution in [0.3, 0.4) is 0 Å². The third kappa shape index (κ3) is 5.93. The lowest BCUT2D eigenvalue weighted by molar-refractivity contribution is -0.142. The van der Waals surface area contributed by atoms with Gasteiger partial charge in [-0.3, -0.25) is 4.79 Å². The van der Waals surface area contributed by atoms with Crippen molar-refractivity contribution in [3.8, 4) is 23.3 Å². The van der Waals surface area contributed by atoms with Crippen LogP contribution in [0.2, 0.25) is 0 Å². The number of fused-ring (bicyclic) bond motifs is 1. The first-order chi connectivity index (χ1) is 16.6. The van der Waals surface area contributed by atoms with Gasteiger partial charge < -0.3 is 24.3 Å². The van der Waals surface area contributed by atoms with E-state index in [1.54, 1.807) is 48.5 Å². The Labute approximate surface area is 195 Å². The van der Waals surface area contributed by atoms with Crippen LogP contribution in [0, 0.1) is 11.3 Å². The second-order valence-electron chi connectivity index (χ2n) is 7.21. The summed E-state index contributed by atoms with van der Waals surface area (Å²) < 4.78 is 21.2. The fraction of sp³-hybridized carbons (Fsp3) is 0.115. The Morgan fingerprint density at radius 2 is 1.76 bits per heavy atom. The number of nitrogens with zero attached hydrogens (tertiary/aromatic N) is 1. The van der Waals surface area contributed by atoms with Crippen LogP contribution in [0.25, 0.3) is 6.08 Å². The Balaban J connectivity index is 1.26. The van der Waals surface area contributed by atoms with Gasteiger partial charge in [0.25, 0.3) is 5.91 Å². The average molecular weight is 456 g/mol. The monoisotopic (exact) mass is 456 g/mol. The number of anilines is 1. The summed E-state index contributed by atoms with van der Waals surface area (Å²) in [6.45, 7) is 0.0168. The van der Waals surface area contributed by atoms with E-state index in [2.05, 4.69) is 5.32 Å². The molecule has 3 aromatic rings. The molecule has 0 spiro atoms. The Bertz CT molecular complexity index is 1250. The minimum absolute atomic E-state index is 0.119. The highest BCUT2D eigenvalue weighted by Gasteiger charge is 2.16. The number of hydrogen-bond acceptors (Lipinski definition) is 7. The summed E-state index contributed by atoms with van der Waals surface area (Å²) in [7, 11) is 0. The van der Waals surface area contributed by atoms with E-state index in [-0.39, 0.29) is 12.4 Å². The molecule has 0 atom stereocenters. The van der Waals surface area contributed by atoms with Gasteiger partial charge in [0.15, 0.2) is 18.1 Å². The lowest BCUT2D eigenvalue weighted by Gasteiger charge is -2.09. The highest BCUT2D eigenvalue weighted by Crippen LogP contribution is 2.33. The summed E-state index contributed by atoms with van der Waals surface area (Å²) in [5.41, 5.74) is 1.89. The van der Waals surface area contributed by atoms with Crippen molar-refractivity contribution in [3.63, 3.8) is 0 Å². The molecule has 0 unspecified atom stereocenters. The summed E-state index contributed by atoms with van der Waals surface area (Å²) in [5, 5.41) is 11.9. The average Bonchev–Trinajstić information content (AvgIpc) is 3.34. The van der Waals surface area contributed by atoms with Gasteiger partial charge in [0.1, 0.15) is 24.0 Å². The van der Waals surface area contributed by atoms with Crippen molar-refractivity contribution >= 4 is 23.6 Å². The molecule has 1 aliphatic heterocycles. The van der Waals surface area contributed by atoms with E-state index in [1.165, 1.54) is 6.08 Å². The topological polar surface area (TPSA) is 107 Å². The Hall–Kier alpha value is -4.77. The van der Waals surface area contributed by atoms with Crippen LogP contribution < -0.4 is 19.5 Å². The van der Waals surface area contributed by atoms with Crippen molar-refractivity contribution in [2.24, 2.45) is 0 Å². The van der Waals surface area contributed by atoms with Gasteiger partial charge in [0.2, 0.25) is 6.79 Å². The van der Waals surface area contributed by atoms with Crippen LogP contribution in [0.1, 0.15) is 11.1 Å². The van der Waals surface area contributed by atoms with Crippen molar-refractivity contribution in [2.45, 2.75) is 6.61 Å². The number of hydrogen-bond donors (Lipinski definition) is 1. The fourth-order valence-corrected chi connectivity index (χ4v) is 3.09. The number of amides is 1. The SMILES string of the molecule is N#C/C(=C\c1ccc2c(c1)OCO2)C(=O)OCC(=O)Nc1ccc(OCc2ccccc2)cc1. The number of carbonyl (C=O) groups is 2. The smallest absolute Gasteiger partial charge is 0.349 e. The number of nitriles is 1. The Morgan fingerprint density at radius 1 is 1.00 bits per heavy atom. The highest BCUT2D eigenvalue weighted by molar-refractivity contribution is 6.00. The second kappa shape index (κ2) is 10.7. The molecule has 34 heavy (non-hydrogen) atoms. The molecule has 1 amide bonds. The molecule has 0 saturated carbocycles. The summed E-state index contributed by atoms with van der Waals surface area (Å²) in [6, 6.07) is 23.4. The number of ether oxygens (including phenoxy) is 4. The van der Waals surface area contributed by atoms with E-state index in [9.17, 15) is 14.9 Å². The quantitative estimate of drug-likeness (QED) is 0.309. The lowest BCUT2D eigenvalue weighted by Crippen LogP contribution is -2.21. The zero-order valence-electron chi connectivity index (χ0n) is 18.0.